The molecule has 4 rings (SSSR count). The first-order chi connectivity index (χ1) is 19.3. The van der Waals surface area contributed by atoms with Crippen molar-refractivity contribution in [1.29, 1.82) is 0 Å². The van der Waals surface area contributed by atoms with Gasteiger partial charge in [-0.05, 0) is 52.8 Å². The van der Waals surface area contributed by atoms with Crippen LogP contribution in [0.15, 0.2) is 36.7 Å². The van der Waals surface area contributed by atoms with Gasteiger partial charge >= 0.3 is 6.09 Å². The topological polar surface area (TPSA) is 103 Å². The van der Waals surface area contributed by atoms with Crippen LogP contribution in [0.1, 0.15) is 46.3 Å². The van der Waals surface area contributed by atoms with Crippen LogP contribution in [0, 0.1) is 5.82 Å². The minimum atomic E-state index is -0.715. The number of piperazine rings is 1. The first kappa shape index (κ1) is 30.5. The largest absolute Gasteiger partial charge is 0.496 e. The zero-order valence-electron chi connectivity index (χ0n) is 23.9. The van der Waals surface area contributed by atoms with E-state index in [2.05, 4.69) is 9.88 Å². The Morgan fingerprint density at radius 1 is 1.15 bits per heavy atom. The number of hydrogen-bond acceptors (Lipinski definition) is 8. The lowest BCUT2D eigenvalue weighted by Gasteiger charge is -2.40. The molecule has 1 amide bonds. The van der Waals surface area contributed by atoms with Gasteiger partial charge in [0.2, 0.25) is 0 Å². The van der Waals surface area contributed by atoms with Crippen molar-refractivity contribution in [2.24, 2.45) is 0 Å². The zero-order valence-corrected chi connectivity index (χ0v) is 25.4. The fraction of sp³-hybridized carbons (Fsp3) is 0.414. The van der Waals surface area contributed by atoms with Crippen molar-refractivity contribution in [1.82, 2.24) is 14.9 Å². The normalized spacial score (nSPS) is 16.4. The Kier molecular flexibility index (Phi) is 9.03. The fourth-order valence-corrected chi connectivity index (χ4v) is 5.30. The van der Waals surface area contributed by atoms with Gasteiger partial charge in [-0.25, -0.2) is 19.2 Å². The third-order valence-corrected chi connectivity index (χ3v) is 7.34. The van der Waals surface area contributed by atoms with Crippen molar-refractivity contribution in [2.75, 3.05) is 37.4 Å². The number of ether oxygens (including phenoxy) is 3. The van der Waals surface area contributed by atoms with Gasteiger partial charge in [-0.1, -0.05) is 23.2 Å². The summed E-state index contributed by atoms with van der Waals surface area (Å²) in [6.45, 7) is 10.9. The number of nitrogen functional groups attached to an aromatic ring is 1. The third-order valence-electron chi connectivity index (χ3n) is 6.63. The van der Waals surface area contributed by atoms with E-state index in [1.165, 1.54) is 12.1 Å². The second-order valence-corrected chi connectivity index (χ2v) is 11.6. The molecule has 1 saturated heterocycles. The summed E-state index contributed by atoms with van der Waals surface area (Å²) in [4.78, 5) is 25.4. The van der Waals surface area contributed by atoms with Crippen LogP contribution in [0.5, 0.6) is 11.5 Å². The Morgan fingerprint density at radius 2 is 1.88 bits per heavy atom. The molecule has 1 aliphatic rings. The lowest BCUT2D eigenvalue weighted by Crippen LogP contribution is -2.54. The van der Waals surface area contributed by atoms with Gasteiger partial charge in [-0.15, -0.1) is 0 Å². The number of nitrogens with zero attached hydrogens (tertiary/aromatic N) is 4. The Labute approximate surface area is 249 Å². The number of rotatable bonds is 6. The van der Waals surface area contributed by atoms with Gasteiger partial charge in [-0.3, -0.25) is 0 Å². The molecule has 1 unspecified atom stereocenters. The second kappa shape index (κ2) is 12.2. The number of halogens is 3. The van der Waals surface area contributed by atoms with Gasteiger partial charge in [-0.2, -0.15) is 0 Å². The molecule has 41 heavy (non-hydrogen) atoms. The van der Waals surface area contributed by atoms with Gasteiger partial charge in [0.25, 0.3) is 0 Å². The Morgan fingerprint density at radius 3 is 2.54 bits per heavy atom. The summed E-state index contributed by atoms with van der Waals surface area (Å²) in [6.07, 6.45) is 2.25. The average Bonchev–Trinajstić information content (AvgIpc) is 2.91. The summed E-state index contributed by atoms with van der Waals surface area (Å²) in [6, 6.07) is 6.18. The van der Waals surface area contributed by atoms with E-state index < -0.39 is 17.5 Å². The van der Waals surface area contributed by atoms with Crippen LogP contribution in [-0.2, 0) is 4.74 Å². The first-order valence-electron chi connectivity index (χ1n) is 13.1. The first-order valence-corrected chi connectivity index (χ1v) is 13.9. The number of carbonyl (C=O) groups excluding carboxylic acids is 1. The van der Waals surface area contributed by atoms with Crippen LogP contribution in [0.3, 0.4) is 0 Å². The molecule has 0 radical (unpaired) electrons. The minimum Gasteiger partial charge on any atom is -0.496 e. The molecule has 1 fully saturated rings. The molecule has 2 N–H and O–H groups in total. The number of anilines is 2. The van der Waals surface area contributed by atoms with E-state index in [1.54, 1.807) is 37.4 Å². The van der Waals surface area contributed by atoms with E-state index in [1.807, 2.05) is 33.8 Å². The number of aromatic nitrogens is 2. The molecule has 1 aromatic carbocycles. The monoisotopic (exact) mass is 605 g/mol. The molecule has 2 aromatic heterocycles. The molecule has 2 atom stereocenters. The fourth-order valence-electron chi connectivity index (χ4n) is 4.62. The van der Waals surface area contributed by atoms with Crippen molar-refractivity contribution < 1.29 is 23.4 Å². The highest BCUT2D eigenvalue weighted by atomic mass is 35.5. The van der Waals surface area contributed by atoms with Crippen LogP contribution in [0.2, 0.25) is 10.0 Å². The number of nitrogens with two attached hydrogens (primary N) is 1. The van der Waals surface area contributed by atoms with Crippen molar-refractivity contribution in [3.8, 4) is 22.6 Å². The van der Waals surface area contributed by atoms with Crippen molar-refractivity contribution >= 4 is 40.9 Å². The Bertz CT molecular complexity index is 1440. The Balaban J connectivity index is 1.55. The molecule has 0 aliphatic carbocycles. The van der Waals surface area contributed by atoms with Gasteiger partial charge in [0.1, 0.15) is 29.1 Å². The zero-order chi connectivity index (χ0) is 30.1. The number of methoxy groups -OCH3 is 1. The summed E-state index contributed by atoms with van der Waals surface area (Å²) in [5.74, 6) is 1.09. The molecule has 3 heterocycles. The van der Waals surface area contributed by atoms with Crippen LogP contribution < -0.4 is 20.1 Å². The maximum Gasteiger partial charge on any atom is 0.410 e. The predicted molar refractivity (Wildman–Crippen MR) is 159 cm³/mol. The molecule has 0 saturated carbocycles. The highest BCUT2D eigenvalue weighted by Crippen LogP contribution is 2.39. The number of carbonyl (C=O) groups is 1. The maximum absolute atomic E-state index is 14.1. The van der Waals surface area contributed by atoms with E-state index in [-0.39, 0.29) is 33.7 Å². The molecule has 12 heteroatoms. The minimum absolute atomic E-state index is 0.000441. The SMILES string of the molecule is COc1cc(N2CCN(C(=O)OC(C)(C)C)C[C@@H]2C)ncc1-c1cnc(N)c(OC(C)c2c(Cl)ccc(F)c2Cl)c1. The van der Waals surface area contributed by atoms with Crippen LogP contribution >= 0.6 is 23.2 Å². The number of benzene rings is 1. The van der Waals surface area contributed by atoms with Gasteiger partial charge < -0.3 is 29.7 Å². The Hall–Kier alpha value is -3.50. The van der Waals surface area contributed by atoms with E-state index >= 15 is 0 Å². The van der Waals surface area contributed by atoms with E-state index in [0.717, 1.165) is 0 Å². The molecular weight excluding hydrogens is 572 g/mol. The lowest BCUT2D eigenvalue weighted by atomic mass is 10.1. The smallest absolute Gasteiger partial charge is 0.410 e. The molecule has 0 spiro atoms. The molecule has 3 aromatic rings. The van der Waals surface area contributed by atoms with Gasteiger partial charge in [0, 0.05) is 65.8 Å². The standard InChI is InChI=1S/C29H34Cl2FN5O4/c1-16-15-36(28(38)41-29(3,4)5)9-10-37(16)24-12-22(39-6)19(14-34-24)18-11-23(27(33)35-13-18)40-17(2)25-20(30)7-8-21(32)26(25)31/h7-8,11-14,16-17H,9-10,15H2,1-6H3,(H2,33,35)/t16-,17?/m0/s1. The molecule has 1 aliphatic heterocycles. The van der Waals surface area contributed by atoms with E-state index in [9.17, 15) is 9.18 Å². The lowest BCUT2D eigenvalue weighted by molar-refractivity contribution is 0.0218. The van der Waals surface area contributed by atoms with Crippen LogP contribution in [-0.4, -0.2) is 59.3 Å². The van der Waals surface area contributed by atoms with Crippen molar-refractivity contribution in [2.45, 2.75) is 52.4 Å². The van der Waals surface area contributed by atoms with Crippen LogP contribution in [0.25, 0.3) is 11.1 Å². The molecular formula is C29H34Cl2FN5O4. The summed E-state index contributed by atoms with van der Waals surface area (Å²) in [5.41, 5.74) is 7.18. The highest BCUT2D eigenvalue weighted by Gasteiger charge is 2.31. The van der Waals surface area contributed by atoms with E-state index in [0.29, 0.717) is 47.9 Å². The van der Waals surface area contributed by atoms with Crippen molar-refractivity contribution in [3.05, 3.63) is 58.1 Å². The third kappa shape index (κ3) is 6.87. The molecule has 220 valence electrons. The van der Waals surface area contributed by atoms with Crippen LogP contribution in [0.4, 0.5) is 20.8 Å². The van der Waals surface area contributed by atoms with Gasteiger partial charge in [0.05, 0.1) is 12.1 Å². The number of amides is 1. The number of pyridine rings is 2. The highest BCUT2D eigenvalue weighted by molar-refractivity contribution is 6.36. The summed E-state index contributed by atoms with van der Waals surface area (Å²) >= 11 is 12.4. The van der Waals surface area contributed by atoms with E-state index in [4.69, 9.17) is 48.1 Å². The number of hydrogen-bond donors (Lipinski definition) is 1. The maximum atomic E-state index is 14.1. The summed E-state index contributed by atoms with van der Waals surface area (Å²) in [7, 11) is 1.57. The second-order valence-electron chi connectivity index (χ2n) is 10.8. The average molecular weight is 607 g/mol. The molecule has 0 bridgehead atoms. The van der Waals surface area contributed by atoms with Crippen molar-refractivity contribution in [3.63, 3.8) is 0 Å². The summed E-state index contributed by atoms with van der Waals surface area (Å²) < 4.78 is 31.4. The molecule has 9 nitrogen and oxygen atoms in total. The van der Waals surface area contributed by atoms with Gasteiger partial charge in [0.15, 0.2) is 11.6 Å². The quantitative estimate of drug-likeness (QED) is 0.307. The predicted octanol–water partition coefficient (Wildman–Crippen LogP) is 6.77. The summed E-state index contributed by atoms with van der Waals surface area (Å²) in [5, 5.41) is 0.157.